The van der Waals surface area contributed by atoms with Crippen LogP contribution in [0.15, 0.2) is 34.2 Å². The van der Waals surface area contributed by atoms with Crippen molar-refractivity contribution in [3.05, 3.63) is 29.8 Å². The Morgan fingerprint density at radius 3 is 2.36 bits per heavy atom. The van der Waals surface area contributed by atoms with E-state index in [4.69, 9.17) is 5.14 Å². The van der Waals surface area contributed by atoms with Crippen molar-refractivity contribution in [1.82, 2.24) is 10.6 Å². The van der Waals surface area contributed by atoms with Gasteiger partial charge in [-0.05, 0) is 37.5 Å². The van der Waals surface area contributed by atoms with Crippen molar-refractivity contribution in [3.63, 3.8) is 0 Å². The molecule has 22 heavy (non-hydrogen) atoms. The van der Waals surface area contributed by atoms with Crippen molar-refractivity contribution >= 4 is 40.0 Å². The van der Waals surface area contributed by atoms with Crippen LogP contribution in [0, 0.1) is 0 Å². The molecular weight excluding hydrogens is 415 g/mol. The molecule has 0 saturated carbocycles. The lowest BCUT2D eigenvalue weighted by molar-refractivity contribution is 0.598. The smallest absolute Gasteiger partial charge is 0.238 e. The molecule has 126 valence electrons. The molecule has 0 aliphatic carbocycles. The third-order valence-corrected chi connectivity index (χ3v) is 4.11. The Bertz CT molecular complexity index is 573. The summed E-state index contributed by atoms with van der Waals surface area (Å²) >= 11 is 0. The molecule has 8 heteroatoms. The highest BCUT2D eigenvalue weighted by molar-refractivity contribution is 14.0. The number of rotatable bonds is 6. The third kappa shape index (κ3) is 7.41. The number of nitrogens with two attached hydrogens (primary N) is 1. The van der Waals surface area contributed by atoms with E-state index in [1.807, 2.05) is 0 Å². The highest BCUT2D eigenvalue weighted by Crippen LogP contribution is 2.08. The van der Waals surface area contributed by atoms with Crippen LogP contribution in [-0.4, -0.2) is 34.0 Å². The monoisotopic (exact) mass is 440 g/mol. The molecule has 6 nitrogen and oxygen atoms in total. The van der Waals surface area contributed by atoms with Gasteiger partial charge in [-0.2, -0.15) is 0 Å². The molecule has 0 aliphatic heterocycles. The first-order valence-electron chi connectivity index (χ1n) is 6.95. The first-order valence-corrected chi connectivity index (χ1v) is 8.50. The van der Waals surface area contributed by atoms with Gasteiger partial charge in [0.2, 0.25) is 10.0 Å². The third-order valence-electron chi connectivity index (χ3n) is 3.18. The van der Waals surface area contributed by atoms with Crippen LogP contribution in [0.2, 0.25) is 0 Å². The van der Waals surface area contributed by atoms with Gasteiger partial charge in [-0.1, -0.05) is 19.1 Å². The molecular formula is C14H25IN4O2S. The largest absolute Gasteiger partial charge is 0.356 e. The molecule has 0 bridgehead atoms. The van der Waals surface area contributed by atoms with Gasteiger partial charge in [0.25, 0.3) is 0 Å². The van der Waals surface area contributed by atoms with E-state index in [9.17, 15) is 8.42 Å². The van der Waals surface area contributed by atoms with E-state index in [1.54, 1.807) is 19.2 Å². The van der Waals surface area contributed by atoms with E-state index in [1.165, 1.54) is 12.1 Å². The zero-order chi connectivity index (χ0) is 15.9. The van der Waals surface area contributed by atoms with Crippen LogP contribution in [0.5, 0.6) is 0 Å². The molecule has 0 aromatic heterocycles. The maximum atomic E-state index is 11.2. The fourth-order valence-corrected chi connectivity index (χ4v) is 2.22. The second kappa shape index (κ2) is 10.0. The summed E-state index contributed by atoms with van der Waals surface area (Å²) in [7, 11) is -1.88. The predicted molar refractivity (Wildman–Crippen MR) is 101 cm³/mol. The normalized spacial score (nSPS) is 13.2. The van der Waals surface area contributed by atoms with Gasteiger partial charge >= 0.3 is 0 Å². The summed E-state index contributed by atoms with van der Waals surface area (Å²) in [6, 6.07) is 6.96. The van der Waals surface area contributed by atoms with Crippen molar-refractivity contribution in [3.8, 4) is 0 Å². The van der Waals surface area contributed by atoms with E-state index in [2.05, 4.69) is 29.5 Å². The minimum atomic E-state index is -3.62. The number of halogens is 1. The lowest BCUT2D eigenvalue weighted by Crippen LogP contribution is -2.42. The van der Waals surface area contributed by atoms with Gasteiger partial charge < -0.3 is 10.6 Å². The van der Waals surface area contributed by atoms with E-state index in [0.29, 0.717) is 12.6 Å². The number of benzene rings is 1. The van der Waals surface area contributed by atoms with Crippen LogP contribution < -0.4 is 15.8 Å². The average Bonchev–Trinajstić information content (AvgIpc) is 2.45. The number of nitrogens with zero attached hydrogens (tertiary/aromatic N) is 1. The summed E-state index contributed by atoms with van der Waals surface area (Å²) in [4.78, 5) is 4.28. The van der Waals surface area contributed by atoms with Crippen molar-refractivity contribution in [2.45, 2.75) is 37.6 Å². The molecule has 1 rings (SSSR count). The summed E-state index contributed by atoms with van der Waals surface area (Å²) in [5.74, 6) is 0.769. The van der Waals surface area contributed by atoms with Crippen LogP contribution in [0.25, 0.3) is 0 Å². The first kappa shape index (κ1) is 21.1. The van der Waals surface area contributed by atoms with Gasteiger partial charge in [0, 0.05) is 19.6 Å². The quantitative estimate of drug-likeness (QED) is 0.355. The summed E-state index contributed by atoms with van der Waals surface area (Å²) < 4.78 is 22.3. The summed E-state index contributed by atoms with van der Waals surface area (Å²) in [6.45, 7) is 4.92. The van der Waals surface area contributed by atoms with Crippen LogP contribution in [-0.2, 0) is 16.4 Å². The molecule has 0 heterocycles. The Hall–Kier alpha value is -0.870. The molecule has 1 aromatic rings. The number of nitrogens with one attached hydrogen (secondary N) is 2. The maximum Gasteiger partial charge on any atom is 0.238 e. The Morgan fingerprint density at radius 1 is 1.32 bits per heavy atom. The number of guanidine groups is 1. The molecule has 4 N–H and O–H groups in total. The second-order valence-electron chi connectivity index (χ2n) is 4.89. The number of primary sulfonamides is 1. The van der Waals surface area contributed by atoms with Gasteiger partial charge in [0.05, 0.1) is 4.90 Å². The number of hydrogen-bond donors (Lipinski definition) is 3. The number of aliphatic imine (C=N–C) groups is 1. The molecule has 0 fully saturated rings. The Labute approximate surface area is 150 Å². The topological polar surface area (TPSA) is 96.6 Å². The molecule has 1 atom stereocenters. The van der Waals surface area contributed by atoms with Crippen molar-refractivity contribution in [2.24, 2.45) is 10.1 Å². The fraction of sp³-hybridized carbons (Fsp3) is 0.500. The first-order chi connectivity index (χ1) is 9.86. The van der Waals surface area contributed by atoms with Crippen LogP contribution in [0.4, 0.5) is 0 Å². The van der Waals surface area contributed by atoms with Crippen molar-refractivity contribution < 1.29 is 8.42 Å². The molecule has 0 spiro atoms. The zero-order valence-electron chi connectivity index (χ0n) is 13.2. The SMILES string of the molecule is CCC(C)NC(=NC)NCCc1ccc(S(N)(=O)=O)cc1.I. The lowest BCUT2D eigenvalue weighted by Gasteiger charge is -2.16. The molecule has 1 aromatic carbocycles. The highest BCUT2D eigenvalue weighted by atomic mass is 127. The Kier molecular flexibility index (Phi) is 9.61. The minimum Gasteiger partial charge on any atom is -0.356 e. The Morgan fingerprint density at radius 2 is 1.91 bits per heavy atom. The highest BCUT2D eigenvalue weighted by Gasteiger charge is 2.07. The number of sulfonamides is 1. The van der Waals surface area contributed by atoms with E-state index in [0.717, 1.165) is 24.4 Å². The molecule has 0 radical (unpaired) electrons. The van der Waals surface area contributed by atoms with Crippen molar-refractivity contribution in [2.75, 3.05) is 13.6 Å². The standard InChI is InChI=1S/C14H24N4O2S.HI/c1-4-11(2)18-14(16-3)17-10-9-12-5-7-13(8-6-12)21(15,19)20;/h5-8,11H,4,9-10H2,1-3H3,(H2,15,19,20)(H2,16,17,18);1H. The van der Waals surface area contributed by atoms with Crippen LogP contribution in [0.1, 0.15) is 25.8 Å². The molecule has 0 aliphatic rings. The van der Waals surface area contributed by atoms with E-state index < -0.39 is 10.0 Å². The van der Waals surface area contributed by atoms with Crippen LogP contribution >= 0.6 is 24.0 Å². The van der Waals surface area contributed by atoms with Gasteiger partial charge in [0.1, 0.15) is 0 Å². The summed E-state index contributed by atoms with van der Waals surface area (Å²) in [5.41, 5.74) is 1.04. The van der Waals surface area contributed by atoms with E-state index >= 15 is 0 Å². The minimum absolute atomic E-state index is 0. The molecule has 0 saturated heterocycles. The maximum absolute atomic E-state index is 11.2. The van der Waals surface area contributed by atoms with E-state index in [-0.39, 0.29) is 28.9 Å². The predicted octanol–water partition coefficient (Wildman–Crippen LogP) is 1.46. The summed E-state index contributed by atoms with van der Waals surface area (Å²) in [6.07, 6.45) is 1.79. The van der Waals surface area contributed by atoms with Crippen LogP contribution in [0.3, 0.4) is 0 Å². The lowest BCUT2D eigenvalue weighted by atomic mass is 10.1. The number of hydrogen-bond acceptors (Lipinski definition) is 3. The van der Waals surface area contributed by atoms with Gasteiger partial charge in [-0.3, -0.25) is 4.99 Å². The van der Waals surface area contributed by atoms with Gasteiger partial charge in [-0.25, -0.2) is 13.6 Å². The molecule has 1 unspecified atom stereocenters. The van der Waals surface area contributed by atoms with Gasteiger partial charge in [0.15, 0.2) is 5.96 Å². The second-order valence-corrected chi connectivity index (χ2v) is 6.45. The fourth-order valence-electron chi connectivity index (χ4n) is 1.70. The average molecular weight is 440 g/mol. The Balaban J connectivity index is 0.00000441. The summed E-state index contributed by atoms with van der Waals surface area (Å²) in [5, 5.41) is 11.6. The van der Waals surface area contributed by atoms with Gasteiger partial charge in [-0.15, -0.1) is 24.0 Å². The zero-order valence-corrected chi connectivity index (χ0v) is 16.3. The van der Waals surface area contributed by atoms with Crippen molar-refractivity contribution in [1.29, 1.82) is 0 Å². The molecule has 0 amide bonds.